The molecule has 0 N–H and O–H groups in total. The van der Waals surface area contributed by atoms with Crippen molar-refractivity contribution in [2.75, 3.05) is 7.11 Å². The number of rotatable bonds is 3. The van der Waals surface area contributed by atoms with Crippen molar-refractivity contribution in [3.63, 3.8) is 0 Å². The number of carbonyl (C=O) groups excluding carboxylic acids is 1. The van der Waals surface area contributed by atoms with Crippen molar-refractivity contribution in [3.05, 3.63) is 42.5 Å². The van der Waals surface area contributed by atoms with Crippen LogP contribution in [0.3, 0.4) is 0 Å². The second kappa shape index (κ2) is 6.07. The van der Waals surface area contributed by atoms with Gasteiger partial charge in [-0.3, -0.25) is 4.79 Å². The van der Waals surface area contributed by atoms with Crippen molar-refractivity contribution >= 4 is 17.7 Å². The Morgan fingerprint density at radius 1 is 1.18 bits per heavy atom. The Morgan fingerprint density at radius 3 is 2.59 bits per heavy atom. The number of hydrogen-bond donors (Lipinski definition) is 0. The van der Waals surface area contributed by atoms with E-state index in [2.05, 4.69) is 0 Å². The summed E-state index contributed by atoms with van der Waals surface area (Å²) >= 11 is 1.64. The molecule has 5 heteroatoms. The fourth-order valence-corrected chi connectivity index (χ4v) is 4.23. The van der Waals surface area contributed by atoms with Gasteiger partial charge in [0, 0.05) is 4.90 Å². The topological polar surface area (TPSA) is 44.8 Å². The Kier molecular flexibility index (Phi) is 4.30. The highest BCUT2D eigenvalue weighted by molar-refractivity contribution is 8.00. The predicted molar refractivity (Wildman–Crippen MR) is 84.6 cm³/mol. The molecule has 0 bridgehead atoms. The van der Waals surface area contributed by atoms with Gasteiger partial charge < -0.3 is 14.2 Å². The summed E-state index contributed by atoms with van der Waals surface area (Å²) in [6, 6.07) is 10.0. The van der Waals surface area contributed by atoms with Crippen LogP contribution in [0.1, 0.15) is 13.8 Å². The second-order valence-electron chi connectivity index (χ2n) is 5.89. The number of hydrogen-bond acceptors (Lipinski definition) is 5. The Hall–Kier alpha value is -1.30. The SMILES string of the molecule is COC(=O)[C@@H]1C=C[C@@H]2OC(C)(C)O[C@@H]2[C@H]1Sc1ccccc1. The number of methoxy groups -OCH3 is 1. The largest absolute Gasteiger partial charge is 0.469 e. The predicted octanol–water partition coefficient (Wildman–Crippen LogP) is 3.03. The summed E-state index contributed by atoms with van der Waals surface area (Å²) in [7, 11) is 1.42. The molecule has 2 aliphatic rings. The van der Waals surface area contributed by atoms with Crippen LogP contribution in [-0.2, 0) is 19.0 Å². The minimum absolute atomic E-state index is 0.0772. The van der Waals surface area contributed by atoms with Gasteiger partial charge in [0.05, 0.1) is 18.3 Å². The average Bonchev–Trinajstić information content (AvgIpc) is 2.82. The zero-order chi connectivity index (χ0) is 15.7. The first kappa shape index (κ1) is 15.6. The molecule has 0 aromatic heterocycles. The standard InChI is InChI=1S/C17H20O4S/c1-17(2)20-13-10-9-12(16(18)19-3)15(14(13)21-17)22-11-7-5-4-6-8-11/h4-10,12-15H,1-3H3/t12-,13+,14+,15+/m1/s1. The van der Waals surface area contributed by atoms with Crippen LogP contribution in [0.5, 0.6) is 0 Å². The number of fused-ring (bicyclic) bond motifs is 1. The summed E-state index contributed by atoms with van der Waals surface area (Å²) in [6.07, 6.45) is 3.51. The highest BCUT2D eigenvalue weighted by Crippen LogP contribution is 2.43. The summed E-state index contributed by atoms with van der Waals surface area (Å²) < 4.78 is 16.9. The Labute approximate surface area is 134 Å². The van der Waals surface area contributed by atoms with Gasteiger partial charge in [0.25, 0.3) is 0 Å². The normalized spacial score (nSPS) is 32.5. The van der Waals surface area contributed by atoms with Crippen LogP contribution in [0.2, 0.25) is 0 Å². The van der Waals surface area contributed by atoms with Gasteiger partial charge in [0.2, 0.25) is 0 Å². The summed E-state index contributed by atoms with van der Waals surface area (Å²) in [6.45, 7) is 3.80. The van der Waals surface area contributed by atoms with Gasteiger partial charge in [-0.05, 0) is 26.0 Å². The molecule has 1 saturated heterocycles. The van der Waals surface area contributed by atoms with E-state index in [0.29, 0.717) is 0 Å². The van der Waals surface area contributed by atoms with Crippen LogP contribution in [0.4, 0.5) is 0 Å². The van der Waals surface area contributed by atoms with E-state index >= 15 is 0 Å². The minimum Gasteiger partial charge on any atom is -0.469 e. The van der Waals surface area contributed by atoms with E-state index in [1.54, 1.807) is 11.8 Å². The van der Waals surface area contributed by atoms with Gasteiger partial charge in [-0.15, -0.1) is 11.8 Å². The number of ether oxygens (including phenoxy) is 3. The lowest BCUT2D eigenvalue weighted by molar-refractivity contribution is -0.149. The second-order valence-corrected chi connectivity index (χ2v) is 7.15. The molecule has 0 unspecified atom stereocenters. The number of thioether (sulfide) groups is 1. The summed E-state index contributed by atoms with van der Waals surface area (Å²) in [5.74, 6) is -1.22. The van der Waals surface area contributed by atoms with Crippen LogP contribution in [0, 0.1) is 5.92 Å². The fraction of sp³-hybridized carbons (Fsp3) is 0.471. The van der Waals surface area contributed by atoms with E-state index in [9.17, 15) is 4.79 Å². The Morgan fingerprint density at radius 2 is 1.91 bits per heavy atom. The summed E-state index contributed by atoms with van der Waals surface area (Å²) in [4.78, 5) is 13.2. The molecule has 1 aliphatic heterocycles. The van der Waals surface area contributed by atoms with E-state index < -0.39 is 5.79 Å². The van der Waals surface area contributed by atoms with Crippen molar-refractivity contribution in [1.29, 1.82) is 0 Å². The Balaban J connectivity index is 1.89. The van der Waals surface area contributed by atoms with Crippen LogP contribution in [0.15, 0.2) is 47.4 Å². The van der Waals surface area contributed by atoms with E-state index in [4.69, 9.17) is 14.2 Å². The maximum atomic E-state index is 12.1. The first-order valence-electron chi connectivity index (χ1n) is 7.34. The third kappa shape index (κ3) is 3.07. The molecule has 22 heavy (non-hydrogen) atoms. The minimum atomic E-state index is -0.639. The molecule has 4 nitrogen and oxygen atoms in total. The molecule has 1 aromatic carbocycles. The third-order valence-corrected chi connectivity index (χ3v) is 5.22. The quantitative estimate of drug-likeness (QED) is 0.633. The van der Waals surface area contributed by atoms with Gasteiger partial charge in [-0.25, -0.2) is 0 Å². The molecule has 1 fully saturated rings. The van der Waals surface area contributed by atoms with E-state index in [0.717, 1.165) is 4.90 Å². The van der Waals surface area contributed by atoms with E-state index in [1.165, 1.54) is 7.11 Å². The zero-order valence-corrected chi connectivity index (χ0v) is 13.7. The van der Waals surface area contributed by atoms with Crippen molar-refractivity contribution in [2.45, 2.75) is 42.0 Å². The van der Waals surface area contributed by atoms with Crippen LogP contribution in [0.25, 0.3) is 0 Å². The summed E-state index contributed by atoms with van der Waals surface area (Å²) in [5, 5.41) is -0.0772. The molecule has 0 radical (unpaired) electrons. The van der Waals surface area contributed by atoms with E-state index in [1.807, 2.05) is 56.3 Å². The highest BCUT2D eigenvalue weighted by atomic mass is 32.2. The zero-order valence-electron chi connectivity index (χ0n) is 12.9. The molecular weight excluding hydrogens is 300 g/mol. The first-order chi connectivity index (χ1) is 10.5. The van der Waals surface area contributed by atoms with Crippen LogP contribution < -0.4 is 0 Å². The lowest BCUT2D eigenvalue weighted by Gasteiger charge is -2.32. The van der Waals surface area contributed by atoms with Crippen LogP contribution >= 0.6 is 11.8 Å². The van der Waals surface area contributed by atoms with Gasteiger partial charge in [0.1, 0.15) is 12.2 Å². The molecule has 118 valence electrons. The average molecular weight is 320 g/mol. The van der Waals surface area contributed by atoms with Crippen molar-refractivity contribution in [2.24, 2.45) is 5.92 Å². The van der Waals surface area contributed by atoms with Gasteiger partial charge in [-0.1, -0.05) is 30.4 Å². The number of carbonyl (C=O) groups is 1. The third-order valence-electron chi connectivity index (χ3n) is 3.84. The molecule has 0 spiro atoms. The summed E-state index contributed by atoms with van der Waals surface area (Å²) in [5.41, 5.74) is 0. The van der Waals surface area contributed by atoms with Gasteiger partial charge >= 0.3 is 5.97 Å². The van der Waals surface area contributed by atoms with Crippen molar-refractivity contribution < 1.29 is 19.0 Å². The Bertz CT molecular complexity index is 569. The van der Waals surface area contributed by atoms with Crippen molar-refractivity contribution in [1.82, 2.24) is 0 Å². The first-order valence-corrected chi connectivity index (χ1v) is 8.21. The molecule has 1 heterocycles. The fourth-order valence-electron chi connectivity index (χ4n) is 2.91. The van der Waals surface area contributed by atoms with Gasteiger partial charge in [0.15, 0.2) is 5.79 Å². The molecule has 0 saturated carbocycles. The highest BCUT2D eigenvalue weighted by Gasteiger charge is 2.50. The molecular formula is C17H20O4S. The maximum absolute atomic E-state index is 12.1. The van der Waals surface area contributed by atoms with Crippen LogP contribution in [-0.4, -0.2) is 36.3 Å². The van der Waals surface area contributed by atoms with Gasteiger partial charge in [-0.2, -0.15) is 0 Å². The van der Waals surface area contributed by atoms with E-state index in [-0.39, 0.29) is 29.3 Å². The smallest absolute Gasteiger partial charge is 0.313 e. The molecule has 0 amide bonds. The van der Waals surface area contributed by atoms with Crippen molar-refractivity contribution in [3.8, 4) is 0 Å². The molecule has 3 rings (SSSR count). The molecule has 4 atom stereocenters. The number of benzene rings is 1. The monoisotopic (exact) mass is 320 g/mol. The number of esters is 1. The lowest BCUT2D eigenvalue weighted by atomic mass is 9.91. The maximum Gasteiger partial charge on any atom is 0.313 e. The molecule has 1 aromatic rings. The molecule has 1 aliphatic carbocycles. The lowest BCUT2D eigenvalue weighted by Crippen LogP contribution is -2.43.